The molecule has 0 aliphatic carbocycles. The lowest BCUT2D eigenvalue weighted by atomic mass is 10.0. The quantitative estimate of drug-likeness (QED) is 0.784. The minimum Gasteiger partial charge on any atom is -0.310 e. The molecule has 1 fully saturated rings. The van der Waals surface area contributed by atoms with Crippen LogP contribution < -0.4 is 5.32 Å². The van der Waals surface area contributed by atoms with Gasteiger partial charge in [-0.05, 0) is 70.4 Å². The van der Waals surface area contributed by atoms with E-state index in [-0.39, 0.29) is 11.9 Å². The van der Waals surface area contributed by atoms with E-state index < -0.39 is 0 Å². The van der Waals surface area contributed by atoms with E-state index in [1.807, 2.05) is 0 Å². The van der Waals surface area contributed by atoms with Crippen LogP contribution in [0.5, 0.6) is 0 Å². The number of rotatable bonds is 6. The molecular formula is C17H26ClFN2. The molecular weight excluding hydrogens is 287 g/mol. The van der Waals surface area contributed by atoms with E-state index in [2.05, 4.69) is 24.1 Å². The Morgan fingerprint density at radius 1 is 1.43 bits per heavy atom. The first-order chi connectivity index (χ1) is 10.1. The molecule has 2 unspecified atom stereocenters. The fourth-order valence-electron chi connectivity index (χ4n) is 3.05. The molecule has 118 valence electrons. The van der Waals surface area contributed by atoms with Crippen molar-refractivity contribution in [3.63, 3.8) is 0 Å². The number of piperidine rings is 1. The predicted octanol–water partition coefficient (Wildman–Crippen LogP) is 4.39. The average Bonchev–Trinajstić information content (AvgIpc) is 2.45. The number of benzene rings is 1. The van der Waals surface area contributed by atoms with Crippen LogP contribution in [0.4, 0.5) is 4.39 Å². The highest BCUT2D eigenvalue weighted by molar-refractivity contribution is 6.31. The van der Waals surface area contributed by atoms with Crippen molar-refractivity contribution in [1.29, 1.82) is 0 Å². The first kappa shape index (κ1) is 16.7. The topological polar surface area (TPSA) is 15.3 Å². The summed E-state index contributed by atoms with van der Waals surface area (Å²) in [5.41, 5.74) is 0.962. The third-order valence-electron chi connectivity index (χ3n) is 4.44. The van der Waals surface area contributed by atoms with Gasteiger partial charge in [0.2, 0.25) is 0 Å². The lowest BCUT2D eigenvalue weighted by Gasteiger charge is -2.33. The molecule has 1 N–H and O–H groups in total. The molecule has 1 heterocycles. The number of nitrogens with one attached hydrogen (secondary N) is 1. The van der Waals surface area contributed by atoms with Gasteiger partial charge in [-0.25, -0.2) is 4.39 Å². The molecule has 1 aliphatic heterocycles. The highest BCUT2D eigenvalue weighted by Crippen LogP contribution is 2.23. The minimum atomic E-state index is -0.282. The van der Waals surface area contributed by atoms with Gasteiger partial charge in [0.05, 0.1) is 0 Å². The van der Waals surface area contributed by atoms with Gasteiger partial charge in [0.15, 0.2) is 0 Å². The first-order valence-corrected chi connectivity index (χ1v) is 8.38. The van der Waals surface area contributed by atoms with Crippen molar-refractivity contribution in [2.75, 3.05) is 19.6 Å². The Balaban J connectivity index is 1.72. The fourth-order valence-corrected chi connectivity index (χ4v) is 3.38. The summed E-state index contributed by atoms with van der Waals surface area (Å²) in [5.74, 6) is -0.282. The zero-order valence-electron chi connectivity index (χ0n) is 13.0. The van der Waals surface area contributed by atoms with Gasteiger partial charge in [0, 0.05) is 17.1 Å². The summed E-state index contributed by atoms with van der Waals surface area (Å²) in [6.07, 6.45) is 5.16. The number of hydrogen-bond donors (Lipinski definition) is 1. The van der Waals surface area contributed by atoms with Crippen LogP contribution in [-0.4, -0.2) is 30.6 Å². The van der Waals surface area contributed by atoms with Crippen LogP contribution >= 0.6 is 11.6 Å². The molecule has 2 nitrogen and oxygen atoms in total. The Morgan fingerprint density at radius 3 is 2.95 bits per heavy atom. The molecule has 1 saturated heterocycles. The lowest BCUT2D eigenvalue weighted by molar-refractivity contribution is 0.158. The second-order valence-corrected chi connectivity index (χ2v) is 6.48. The Morgan fingerprint density at radius 2 is 2.24 bits per heavy atom. The second kappa shape index (κ2) is 8.11. The van der Waals surface area contributed by atoms with Crippen molar-refractivity contribution >= 4 is 11.6 Å². The van der Waals surface area contributed by atoms with Crippen molar-refractivity contribution in [1.82, 2.24) is 10.2 Å². The maximum absolute atomic E-state index is 13.0. The summed E-state index contributed by atoms with van der Waals surface area (Å²) in [7, 11) is 0. The third kappa shape index (κ3) is 4.94. The van der Waals surface area contributed by atoms with Crippen LogP contribution in [0.1, 0.15) is 51.1 Å². The third-order valence-corrected chi connectivity index (χ3v) is 4.77. The molecule has 21 heavy (non-hydrogen) atoms. The minimum absolute atomic E-state index is 0.150. The molecule has 4 heteroatoms. The Kier molecular flexibility index (Phi) is 6.46. The van der Waals surface area contributed by atoms with Gasteiger partial charge >= 0.3 is 0 Å². The number of likely N-dealkylation sites (tertiary alicyclic amines) is 1. The summed E-state index contributed by atoms with van der Waals surface area (Å²) >= 11 is 6.09. The van der Waals surface area contributed by atoms with Gasteiger partial charge in [-0.1, -0.05) is 24.1 Å². The van der Waals surface area contributed by atoms with Crippen molar-refractivity contribution in [3.8, 4) is 0 Å². The zero-order valence-corrected chi connectivity index (χ0v) is 13.8. The van der Waals surface area contributed by atoms with Crippen molar-refractivity contribution in [2.45, 2.75) is 51.6 Å². The molecule has 2 rings (SSSR count). The number of halogens is 2. The molecule has 0 radical (unpaired) electrons. The fraction of sp³-hybridized carbons (Fsp3) is 0.647. The summed E-state index contributed by atoms with van der Waals surface area (Å²) in [5, 5.41) is 3.98. The van der Waals surface area contributed by atoms with Crippen LogP contribution in [-0.2, 0) is 0 Å². The predicted molar refractivity (Wildman–Crippen MR) is 87.3 cm³/mol. The van der Waals surface area contributed by atoms with Gasteiger partial charge in [-0.15, -0.1) is 0 Å². The van der Waals surface area contributed by atoms with Crippen molar-refractivity contribution in [2.24, 2.45) is 0 Å². The van der Waals surface area contributed by atoms with E-state index in [0.717, 1.165) is 31.1 Å². The number of hydrogen-bond acceptors (Lipinski definition) is 2. The molecule has 1 aliphatic rings. The van der Waals surface area contributed by atoms with E-state index in [1.165, 1.54) is 37.9 Å². The summed E-state index contributed by atoms with van der Waals surface area (Å²) in [6, 6.07) is 5.49. The average molecular weight is 313 g/mol. The van der Waals surface area contributed by atoms with Gasteiger partial charge in [0.25, 0.3) is 0 Å². The van der Waals surface area contributed by atoms with Crippen LogP contribution in [0.3, 0.4) is 0 Å². The Bertz CT molecular complexity index is 452. The van der Waals surface area contributed by atoms with Gasteiger partial charge in [0.1, 0.15) is 5.82 Å². The Labute approximate surface area is 132 Å². The number of nitrogens with zero attached hydrogens (tertiary/aromatic N) is 1. The molecule has 0 amide bonds. The smallest absolute Gasteiger partial charge is 0.124 e. The van der Waals surface area contributed by atoms with Crippen LogP contribution in [0, 0.1) is 5.82 Å². The molecule has 0 saturated carbocycles. The molecule has 0 spiro atoms. The van der Waals surface area contributed by atoms with Crippen LogP contribution in [0.15, 0.2) is 18.2 Å². The SMILES string of the molecule is CC(NCCCN1CCCCC1C)c1ccc(F)cc1Cl. The Hall–Kier alpha value is -0.640. The monoisotopic (exact) mass is 312 g/mol. The molecule has 2 atom stereocenters. The van der Waals surface area contributed by atoms with Gasteiger partial charge in [-0.2, -0.15) is 0 Å². The maximum Gasteiger partial charge on any atom is 0.124 e. The molecule has 1 aromatic rings. The van der Waals surface area contributed by atoms with Gasteiger partial charge in [-0.3, -0.25) is 0 Å². The summed E-state index contributed by atoms with van der Waals surface area (Å²) < 4.78 is 13.0. The van der Waals surface area contributed by atoms with Crippen LogP contribution in [0.25, 0.3) is 0 Å². The first-order valence-electron chi connectivity index (χ1n) is 8.00. The highest BCUT2D eigenvalue weighted by atomic mass is 35.5. The zero-order chi connectivity index (χ0) is 15.2. The maximum atomic E-state index is 13.0. The molecule has 0 bridgehead atoms. The highest BCUT2D eigenvalue weighted by Gasteiger charge is 2.17. The van der Waals surface area contributed by atoms with Gasteiger partial charge < -0.3 is 10.2 Å². The normalized spacial score (nSPS) is 21.4. The van der Waals surface area contributed by atoms with Crippen molar-refractivity contribution < 1.29 is 4.39 Å². The summed E-state index contributed by atoms with van der Waals surface area (Å²) in [6.45, 7) is 7.74. The molecule has 0 aromatic heterocycles. The largest absolute Gasteiger partial charge is 0.310 e. The lowest BCUT2D eigenvalue weighted by Crippen LogP contribution is -2.39. The van der Waals surface area contributed by atoms with Crippen molar-refractivity contribution in [3.05, 3.63) is 34.6 Å². The molecule has 1 aromatic carbocycles. The summed E-state index contributed by atoms with van der Waals surface area (Å²) in [4.78, 5) is 2.58. The van der Waals surface area contributed by atoms with E-state index in [1.54, 1.807) is 6.07 Å². The van der Waals surface area contributed by atoms with E-state index in [4.69, 9.17) is 11.6 Å². The van der Waals surface area contributed by atoms with E-state index in [0.29, 0.717) is 5.02 Å². The standard InChI is InChI=1S/C17H26ClFN2/c1-13-6-3-4-10-21(13)11-5-9-20-14(2)16-8-7-15(19)12-17(16)18/h7-8,12-14,20H,3-6,9-11H2,1-2H3. The van der Waals surface area contributed by atoms with E-state index in [9.17, 15) is 4.39 Å². The van der Waals surface area contributed by atoms with Crippen LogP contribution in [0.2, 0.25) is 5.02 Å². The van der Waals surface area contributed by atoms with E-state index >= 15 is 0 Å². The second-order valence-electron chi connectivity index (χ2n) is 6.08.